The monoisotopic (exact) mass is 421 g/mol. The lowest BCUT2D eigenvalue weighted by Gasteiger charge is -2.15. The van der Waals surface area contributed by atoms with Gasteiger partial charge in [-0.05, 0) is 54.4 Å². The first kappa shape index (κ1) is 20.3. The second-order valence-electron chi connectivity index (χ2n) is 6.41. The van der Waals surface area contributed by atoms with E-state index in [4.69, 9.17) is 11.6 Å². The van der Waals surface area contributed by atoms with Gasteiger partial charge >= 0.3 is 0 Å². The van der Waals surface area contributed by atoms with Crippen LogP contribution >= 0.6 is 11.6 Å². The van der Waals surface area contributed by atoms with E-state index in [0.29, 0.717) is 17.3 Å². The number of hydrogen-bond donors (Lipinski definition) is 2. The fourth-order valence-corrected chi connectivity index (χ4v) is 4.18. The van der Waals surface area contributed by atoms with E-state index in [1.165, 1.54) is 31.2 Å². The summed E-state index contributed by atoms with van der Waals surface area (Å²) in [6, 6.07) is 11.2. The Bertz CT molecular complexity index is 1010. The van der Waals surface area contributed by atoms with Crippen molar-refractivity contribution in [2.24, 2.45) is 0 Å². The lowest BCUT2D eigenvalue weighted by atomic mass is 10.1. The largest absolute Gasteiger partial charge is 0.326 e. The third kappa shape index (κ3) is 4.70. The van der Waals surface area contributed by atoms with E-state index < -0.39 is 10.0 Å². The summed E-state index contributed by atoms with van der Waals surface area (Å²) in [5, 5.41) is 3.20. The Hall–Kier alpha value is -2.42. The average molecular weight is 422 g/mol. The maximum absolute atomic E-state index is 12.2. The van der Waals surface area contributed by atoms with Gasteiger partial charge in [-0.1, -0.05) is 11.6 Å². The minimum absolute atomic E-state index is 0.0104. The molecular weight excluding hydrogens is 402 g/mol. The molecule has 1 aliphatic heterocycles. The average Bonchev–Trinajstić information content (AvgIpc) is 3.05. The second-order valence-corrected chi connectivity index (χ2v) is 8.62. The Morgan fingerprint density at radius 2 is 1.86 bits per heavy atom. The normalized spacial score (nSPS) is 13.3. The number of nitrogens with one attached hydrogen (secondary N) is 2. The highest BCUT2D eigenvalue weighted by molar-refractivity contribution is 7.89. The van der Waals surface area contributed by atoms with Crippen molar-refractivity contribution in [3.8, 4) is 0 Å². The summed E-state index contributed by atoms with van der Waals surface area (Å²) in [5.41, 5.74) is 2.48. The van der Waals surface area contributed by atoms with Crippen LogP contribution in [0.2, 0.25) is 5.02 Å². The first-order chi connectivity index (χ1) is 13.3. The Balaban J connectivity index is 1.54. The third-order valence-corrected chi connectivity index (χ3v) is 6.14. The van der Waals surface area contributed by atoms with Crippen molar-refractivity contribution < 1.29 is 18.0 Å². The number of hydrogen-bond acceptors (Lipinski definition) is 4. The van der Waals surface area contributed by atoms with Gasteiger partial charge in [-0.15, -0.1) is 0 Å². The van der Waals surface area contributed by atoms with Crippen LogP contribution in [0.25, 0.3) is 0 Å². The lowest BCUT2D eigenvalue weighted by Crippen LogP contribution is -2.27. The van der Waals surface area contributed by atoms with Crippen LogP contribution in [0, 0.1) is 0 Å². The summed E-state index contributed by atoms with van der Waals surface area (Å²) in [5.74, 6) is -0.316. The molecule has 0 bridgehead atoms. The van der Waals surface area contributed by atoms with Crippen molar-refractivity contribution in [3.05, 3.63) is 53.1 Å². The van der Waals surface area contributed by atoms with Crippen LogP contribution in [0.3, 0.4) is 0 Å². The number of carbonyl (C=O) groups is 2. The Morgan fingerprint density at radius 1 is 1.14 bits per heavy atom. The molecule has 148 valence electrons. The van der Waals surface area contributed by atoms with Crippen molar-refractivity contribution in [1.29, 1.82) is 0 Å². The molecule has 9 heteroatoms. The van der Waals surface area contributed by atoms with Crippen LogP contribution in [-0.2, 0) is 26.0 Å². The molecule has 0 aliphatic carbocycles. The molecule has 1 aliphatic rings. The zero-order chi connectivity index (χ0) is 20.3. The van der Waals surface area contributed by atoms with Crippen LogP contribution in [0.4, 0.5) is 11.4 Å². The number of nitrogens with zero attached hydrogens (tertiary/aromatic N) is 1. The molecule has 2 amide bonds. The van der Waals surface area contributed by atoms with Crippen molar-refractivity contribution >= 4 is 44.8 Å². The number of anilines is 2. The molecule has 2 aromatic rings. The van der Waals surface area contributed by atoms with Gasteiger partial charge in [0.2, 0.25) is 21.8 Å². The number of carbonyl (C=O) groups excluding carboxylic acids is 2. The maximum atomic E-state index is 12.2. The SMILES string of the molecule is CC(=O)N1CCc2cc(NC(=O)CCNS(=O)(=O)c3ccc(Cl)cc3)ccc21. The van der Waals surface area contributed by atoms with E-state index in [2.05, 4.69) is 10.0 Å². The van der Waals surface area contributed by atoms with E-state index in [1.807, 2.05) is 12.1 Å². The van der Waals surface area contributed by atoms with Crippen LogP contribution < -0.4 is 14.9 Å². The summed E-state index contributed by atoms with van der Waals surface area (Å²) in [7, 11) is -3.69. The number of sulfonamides is 1. The molecule has 0 atom stereocenters. The molecular formula is C19H20ClN3O4S. The van der Waals surface area contributed by atoms with Gasteiger partial charge in [0.15, 0.2) is 0 Å². The highest BCUT2D eigenvalue weighted by Gasteiger charge is 2.22. The van der Waals surface area contributed by atoms with Crippen molar-refractivity contribution in [3.63, 3.8) is 0 Å². The van der Waals surface area contributed by atoms with Crippen LogP contribution in [0.15, 0.2) is 47.4 Å². The summed E-state index contributed by atoms with van der Waals surface area (Å²) in [4.78, 5) is 25.5. The van der Waals surface area contributed by atoms with Crippen molar-refractivity contribution in [2.45, 2.75) is 24.7 Å². The molecule has 0 unspecified atom stereocenters. The van der Waals surface area contributed by atoms with Gasteiger partial charge in [-0.25, -0.2) is 13.1 Å². The molecule has 0 spiro atoms. The molecule has 1 heterocycles. The topological polar surface area (TPSA) is 95.6 Å². The van der Waals surface area contributed by atoms with Gasteiger partial charge in [-0.2, -0.15) is 0 Å². The first-order valence-electron chi connectivity index (χ1n) is 8.72. The second kappa shape index (κ2) is 8.30. The minimum Gasteiger partial charge on any atom is -0.326 e. The highest BCUT2D eigenvalue weighted by Crippen LogP contribution is 2.30. The van der Waals surface area contributed by atoms with Gasteiger partial charge in [0.05, 0.1) is 4.90 Å². The Morgan fingerprint density at radius 3 is 2.54 bits per heavy atom. The molecule has 28 heavy (non-hydrogen) atoms. The van der Waals surface area contributed by atoms with Gasteiger partial charge < -0.3 is 10.2 Å². The molecule has 3 rings (SSSR count). The van der Waals surface area contributed by atoms with Crippen LogP contribution in [0.5, 0.6) is 0 Å². The summed E-state index contributed by atoms with van der Waals surface area (Å²) < 4.78 is 26.8. The molecule has 2 aromatic carbocycles. The summed E-state index contributed by atoms with van der Waals surface area (Å²) in [6.45, 7) is 2.13. The van der Waals surface area contributed by atoms with E-state index in [-0.39, 0.29) is 29.7 Å². The van der Waals surface area contributed by atoms with E-state index in [1.54, 1.807) is 11.0 Å². The van der Waals surface area contributed by atoms with Gasteiger partial charge in [0.25, 0.3) is 0 Å². The number of halogens is 1. The molecule has 0 aromatic heterocycles. The van der Waals surface area contributed by atoms with Gasteiger partial charge in [0, 0.05) is 42.8 Å². The zero-order valence-electron chi connectivity index (χ0n) is 15.2. The Kier molecular flexibility index (Phi) is 6.02. The number of rotatable bonds is 6. The fourth-order valence-electron chi connectivity index (χ4n) is 3.03. The molecule has 0 fully saturated rings. The minimum atomic E-state index is -3.69. The van der Waals surface area contributed by atoms with E-state index in [0.717, 1.165) is 17.7 Å². The maximum Gasteiger partial charge on any atom is 0.240 e. The smallest absolute Gasteiger partial charge is 0.240 e. The predicted molar refractivity (Wildman–Crippen MR) is 108 cm³/mol. The number of fused-ring (bicyclic) bond motifs is 1. The van der Waals surface area contributed by atoms with Gasteiger partial charge in [0.1, 0.15) is 0 Å². The third-order valence-electron chi connectivity index (χ3n) is 4.41. The summed E-state index contributed by atoms with van der Waals surface area (Å²) in [6.07, 6.45) is 0.725. The molecule has 0 saturated carbocycles. The fraction of sp³-hybridized carbons (Fsp3) is 0.263. The van der Waals surface area contributed by atoms with Crippen molar-refractivity contribution in [2.75, 3.05) is 23.3 Å². The number of amides is 2. The zero-order valence-corrected chi connectivity index (χ0v) is 16.8. The molecule has 2 N–H and O–H groups in total. The molecule has 0 saturated heterocycles. The molecule has 7 nitrogen and oxygen atoms in total. The van der Waals surface area contributed by atoms with Gasteiger partial charge in [-0.3, -0.25) is 9.59 Å². The van der Waals surface area contributed by atoms with E-state index >= 15 is 0 Å². The molecule has 0 radical (unpaired) electrons. The Labute approximate surface area is 168 Å². The van der Waals surface area contributed by atoms with Crippen LogP contribution in [0.1, 0.15) is 18.9 Å². The predicted octanol–water partition coefficient (Wildman–Crippen LogP) is 2.56. The van der Waals surface area contributed by atoms with Crippen LogP contribution in [-0.4, -0.2) is 33.3 Å². The number of benzene rings is 2. The van der Waals surface area contributed by atoms with E-state index in [9.17, 15) is 18.0 Å². The first-order valence-corrected chi connectivity index (χ1v) is 10.6. The summed E-state index contributed by atoms with van der Waals surface area (Å²) >= 11 is 5.76. The van der Waals surface area contributed by atoms with Crippen molar-refractivity contribution in [1.82, 2.24) is 4.72 Å². The lowest BCUT2D eigenvalue weighted by molar-refractivity contribution is -0.117. The highest BCUT2D eigenvalue weighted by atomic mass is 35.5. The standard InChI is InChI=1S/C19H20ClN3O4S/c1-13(24)23-11-9-14-12-16(4-7-18(14)23)22-19(25)8-10-21-28(26,27)17-5-2-15(20)3-6-17/h2-7,12,21H,8-11H2,1H3,(H,22,25). The quantitative estimate of drug-likeness (QED) is 0.749.